The largest absolute Gasteiger partial charge is 0.492 e. The van der Waals surface area contributed by atoms with E-state index in [4.69, 9.17) is 9.72 Å². The first kappa shape index (κ1) is 19.5. The molecule has 0 radical (unpaired) electrons. The lowest BCUT2D eigenvalue weighted by atomic mass is 10.0. The molecule has 31 heavy (non-hydrogen) atoms. The van der Waals surface area contributed by atoms with Crippen LogP contribution in [0.2, 0.25) is 0 Å². The summed E-state index contributed by atoms with van der Waals surface area (Å²) in [6.07, 6.45) is 5.20. The number of fused-ring (bicyclic) bond motifs is 3. The molecule has 0 aliphatic carbocycles. The molecule has 0 spiro atoms. The van der Waals surface area contributed by atoms with E-state index in [1.165, 1.54) is 16.9 Å². The summed E-state index contributed by atoms with van der Waals surface area (Å²) >= 11 is 1.47. The molecule has 1 N–H and O–H groups in total. The summed E-state index contributed by atoms with van der Waals surface area (Å²) < 4.78 is 6.00. The van der Waals surface area contributed by atoms with Gasteiger partial charge in [-0.2, -0.15) is 5.10 Å². The van der Waals surface area contributed by atoms with E-state index in [0.717, 1.165) is 45.9 Å². The van der Waals surface area contributed by atoms with Crippen molar-refractivity contribution in [2.45, 2.75) is 12.8 Å². The van der Waals surface area contributed by atoms with Gasteiger partial charge in [-0.15, -0.1) is 11.3 Å². The number of nitrogens with one attached hydrogen (secondary N) is 1. The lowest BCUT2D eigenvalue weighted by molar-refractivity contribution is 0.0796. The number of benzene rings is 2. The van der Waals surface area contributed by atoms with E-state index in [-0.39, 0.29) is 5.91 Å². The Morgan fingerprint density at radius 2 is 2.06 bits per heavy atom. The fraction of sp³-hybridized carbons (Fsp3) is 0.208. The Morgan fingerprint density at radius 3 is 2.87 bits per heavy atom. The average Bonchev–Trinajstić information content (AvgIpc) is 3.45. The lowest BCUT2D eigenvalue weighted by Gasteiger charge is -2.15. The predicted octanol–water partition coefficient (Wildman–Crippen LogP) is 4.45. The van der Waals surface area contributed by atoms with Gasteiger partial charge in [-0.05, 0) is 29.7 Å². The monoisotopic (exact) mass is 430 g/mol. The van der Waals surface area contributed by atoms with Crippen LogP contribution >= 0.6 is 11.3 Å². The minimum absolute atomic E-state index is 0.0357. The Labute approximate surface area is 184 Å². The third-order valence-corrected chi connectivity index (χ3v) is 6.56. The number of carbonyl (C=O) groups excluding carboxylic acids is 1. The molecule has 1 aliphatic heterocycles. The van der Waals surface area contributed by atoms with Gasteiger partial charge in [0.15, 0.2) is 5.01 Å². The number of aromatic nitrogens is 3. The Morgan fingerprint density at radius 1 is 1.19 bits per heavy atom. The maximum Gasteiger partial charge on any atom is 0.282 e. The van der Waals surface area contributed by atoms with E-state index >= 15 is 0 Å². The quantitative estimate of drug-likeness (QED) is 0.508. The Kier molecular flexibility index (Phi) is 5.26. The van der Waals surface area contributed by atoms with Crippen LogP contribution in [-0.4, -0.2) is 46.2 Å². The summed E-state index contributed by atoms with van der Waals surface area (Å²) in [7, 11) is 1.84. The predicted molar refractivity (Wildman–Crippen MR) is 121 cm³/mol. The first-order valence-corrected chi connectivity index (χ1v) is 11.1. The van der Waals surface area contributed by atoms with Gasteiger partial charge in [0.2, 0.25) is 0 Å². The zero-order valence-electron chi connectivity index (χ0n) is 17.2. The normalized spacial score (nSPS) is 12.4. The number of H-pyrrole nitrogens is 1. The fourth-order valence-corrected chi connectivity index (χ4v) is 4.76. The minimum Gasteiger partial charge on any atom is -0.492 e. The molecular formula is C24H22N4O2S. The molecule has 7 heteroatoms. The molecule has 5 rings (SSSR count). The van der Waals surface area contributed by atoms with E-state index < -0.39 is 0 Å². The van der Waals surface area contributed by atoms with Crippen molar-refractivity contribution in [2.24, 2.45) is 0 Å². The van der Waals surface area contributed by atoms with Gasteiger partial charge in [0.05, 0.1) is 18.5 Å². The van der Waals surface area contributed by atoms with Gasteiger partial charge in [0.1, 0.15) is 5.75 Å². The second-order valence-electron chi connectivity index (χ2n) is 7.55. The van der Waals surface area contributed by atoms with E-state index in [1.54, 1.807) is 11.1 Å². The lowest BCUT2D eigenvalue weighted by Crippen LogP contribution is -2.28. The van der Waals surface area contributed by atoms with Crippen LogP contribution in [0.3, 0.4) is 0 Å². The molecular weight excluding hydrogens is 408 g/mol. The Bertz CT molecular complexity index is 1200. The van der Waals surface area contributed by atoms with Gasteiger partial charge in [0, 0.05) is 42.2 Å². The maximum atomic E-state index is 13.0. The van der Waals surface area contributed by atoms with Gasteiger partial charge in [-0.3, -0.25) is 9.89 Å². The molecule has 1 aliphatic rings. The van der Waals surface area contributed by atoms with E-state index in [2.05, 4.69) is 22.3 Å². The third kappa shape index (κ3) is 3.96. The number of likely N-dealkylation sites (N-methyl/N-ethyl adjacent to an activating group) is 1. The van der Waals surface area contributed by atoms with Gasteiger partial charge in [-0.25, -0.2) is 4.98 Å². The molecule has 3 heterocycles. The summed E-state index contributed by atoms with van der Waals surface area (Å²) in [4.78, 5) is 20.6. The molecule has 2 aromatic carbocycles. The number of hydrogen-bond acceptors (Lipinski definition) is 5. The molecule has 0 saturated carbocycles. The highest BCUT2D eigenvalue weighted by atomic mass is 32.1. The second kappa shape index (κ2) is 8.35. The number of carbonyl (C=O) groups is 1. The van der Waals surface area contributed by atoms with Crippen LogP contribution in [0.25, 0.3) is 22.4 Å². The van der Waals surface area contributed by atoms with Crippen molar-refractivity contribution in [3.05, 3.63) is 76.4 Å². The number of ether oxygens (including phenoxy) is 1. The Balaban J connectivity index is 1.38. The van der Waals surface area contributed by atoms with Crippen molar-refractivity contribution in [2.75, 3.05) is 20.2 Å². The first-order valence-electron chi connectivity index (χ1n) is 10.2. The molecule has 0 fully saturated rings. The highest BCUT2D eigenvalue weighted by Gasteiger charge is 2.24. The molecule has 4 aromatic rings. The summed E-state index contributed by atoms with van der Waals surface area (Å²) in [5, 5.41) is 7.39. The van der Waals surface area contributed by atoms with Crippen LogP contribution < -0.4 is 4.74 Å². The Hall–Kier alpha value is -3.45. The molecule has 0 saturated heterocycles. The van der Waals surface area contributed by atoms with Crippen LogP contribution in [0.15, 0.2) is 60.9 Å². The molecule has 2 aromatic heterocycles. The SMILES string of the molecule is CN(CCc1ccccc1)C(=O)c1nc2c(s1)CCOc1cc(-c3cn[nH]c3)ccc1-2. The van der Waals surface area contributed by atoms with Gasteiger partial charge < -0.3 is 9.64 Å². The molecule has 0 bridgehead atoms. The van der Waals surface area contributed by atoms with E-state index in [1.807, 2.05) is 49.6 Å². The molecule has 6 nitrogen and oxygen atoms in total. The fourth-order valence-electron chi connectivity index (χ4n) is 3.71. The summed E-state index contributed by atoms with van der Waals surface area (Å²) in [6, 6.07) is 16.3. The van der Waals surface area contributed by atoms with Crippen molar-refractivity contribution in [3.8, 4) is 28.1 Å². The second-order valence-corrected chi connectivity index (χ2v) is 8.63. The van der Waals surface area contributed by atoms with Gasteiger partial charge >= 0.3 is 0 Å². The number of aromatic amines is 1. The number of thiazole rings is 1. The van der Waals surface area contributed by atoms with Crippen molar-refractivity contribution < 1.29 is 9.53 Å². The number of hydrogen-bond donors (Lipinski definition) is 1. The first-order chi connectivity index (χ1) is 15.2. The zero-order valence-corrected chi connectivity index (χ0v) is 18.0. The minimum atomic E-state index is -0.0357. The highest BCUT2D eigenvalue weighted by Crippen LogP contribution is 2.39. The van der Waals surface area contributed by atoms with Crippen LogP contribution in [0, 0.1) is 0 Å². The van der Waals surface area contributed by atoms with Crippen LogP contribution in [0.1, 0.15) is 20.2 Å². The van der Waals surface area contributed by atoms with E-state index in [9.17, 15) is 4.79 Å². The number of nitrogens with zero attached hydrogens (tertiary/aromatic N) is 3. The summed E-state index contributed by atoms with van der Waals surface area (Å²) in [5.41, 5.74) is 5.04. The standard InChI is InChI=1S/C24H22N4O2S/c1-28(11-9-16-5-3-2-4-6-16)24(29)23-27-22-19-8-7-17(18-14-25-26-15-18)13-20(19)30-12-10-21(22)31-23/h2-8,13-15H,9-12H2,1H3,(H,25,26). The maximum absolute atomic E-state index is 13.0. The van der Waals surface area contributed by atoms with Crippen molar-refractivity contribution >= 4 is 17.2 Å². The molecule has 0 unspecified atom stereocenters. The zero-order chi connectivity index (χ0) is 21.2. The van der Waals surface area contributed by atoms with Crippen molar-refractivity contribution in [1.82, 2.24) is 20.1 Å². The van der Waals surface area contributed by atoms with Gasteiger partial charge in [0.25, 0.3) is 5.91 Å². The number of rotatable bonds is 5. The third-order valence-electron chi connectivity index (χ3n) is 5.46. The average molecular weight is 431 g/mol. The molecule has 0 atom stereocenters. The molecule has 156 valence electrons. The summed E-state index contributed by atoms with van der Waals surface area (Å²) in [6.45, 7) is 1.22. The van der Waals surface area contributed by atoms with Crippen molar-refractivity contribution in [1.29, 1.82) is 0 Å². The van der Waals surface area contributed by atoms with E-state index in [0.29, 0.717) is 18.2 Å². The smallest absolute Gasteiger partial charge is 0.282 e. The molecule has 1 amide bonds. The van der Waals surface area contributed by atoms with Crippen molar-refractivity contribution in [3.63, 3.8) is 0 Å². The van der Waals surface area contributed by atoms with Crippen LogP contribution in [-0.2, 0) is 12.8 Å². The summed E-state index contributed by atoms with van der Waals surface area (Å²) in [5.74, 6) is 0.755. The van der Waals surface area contributed by atoms with Gasteiger partial charge in [-0.1, -0.05) is 36.4 Å². The topological polar surface area (TPSA) is 71.1 Å². The van der Waals surface area contributed by atoms with Crippen LogP contribution in [0.5, 0.6) is 5.75 Å². The van der Waals surface area contributed by atoms with Crippen LogP contribution in [0.4, 0.5) is 0 Å². The highest BCUT2D eigenvalue weighted by molar-refractivity contribution is 7.14. The number of amides is 1.